The van der Waals surface area contributed by atoms with Gasteiger partial charge in [-0.1, -0.05) is 0 Å². The molecule has 0 spiro atoms. The third-order valence-electron chi connectivity index (χ3n) is 5.71. The second kappa shape index (κ2) is 7.53. The van der Waals surface area contributed by atoms with Crippen LogP contribution in [0.25, 0.3) is 16.6 Å². The Balaban J connectivity index is 1.95. The summed E-state index contributed by atoms with van der Waals surface area (Å²) in [4.78, 5) is 28.7. The number of nitrogens with zero attached hydrogens (tertiary/aromatic N) is 3. The molecular formula is C22H21F2N3O3. The number of carboxylic acids is 1. The van der Waals surface area contributed by atoms with E-state index in [1.165, 1.54) is 10.6 Å². The summed E-state index contributed by atoms with van der Waals surface area (Å²) in [5.41, 5.74) is 0.0512. The van der Waals surface area contributed by atoms with Gasteiger partial charge >= 0.3 is 5.97 Å². The summed E-state index contributed by atoms with van der Waals surface area (Å²) in [5, 5.41) is 9.60. The van der Waals surface area contributed by atoms with E-state index in [-0.39, 0.29) is 11.1 Å². The van der Waals surface area contributed by atoms with Gasteiger partial charge in [0, 0.05) is 49.0 Å². The summed E-state index contributed by atoms with van der Waals surface area (Å²) in [6.45, 7) is 4.56. The molecule has 1 fully saturated rings. The van der Waals surface area contributed by atoms with E-state index in [4.69, 9.17) is 0 Å². The molecule has 2 aromatic carbocycles. The molecule has 1 aromatic heterocycles. The maximum Gasteiger partial charge on any atom is 0.341 e. The second-order valence-corrected chi connectivity index (χ2v) is 7.62. The molecule has 156 valence electrons. The van der Waals surface area contributed by atoms with Crippen molar-refractivity contribution in [1.82, 2.24) is 9.47 Å². The van der Waals surface area contributed by atoms with Gasteiger partial charge in [-0.3, -0.25) is 4.79 Å². The van der Waals surface area contributed by atoms with Crippen LogP contribution in [0.2, 0.25) is 0 Å². The van der Waals surface area contributed by atoms with Gasteiger partial charge in [-0.15, -0.1) is 0 Å². The number of carboxylic acid groups (broad SMARTS) is 1. The number of hydrogen-bond acceptors (Lipinski definition) is 4. The van der Waals surface area contributed by atoms with E-state index in [2.05, 4.69) is 23.8 Å². The molecule has 0 aliphatic carbocycles. The first-order valence-electron chi connectivity index (χ1n) is 9.59. The highest BCUT2D eigenvalue weighted by Crippen LogP contribution is 2.26. The number of anilines is 1. The molecule has 1 N–H and O–H groups in total. The maximum atomic E-state index is 14.5. The molecule has 1 aliphatic heterocycles. The maximum absolute atomic E-state index is 14.5. The molecule has 1 atom stereocenters. The van der Waals surface area contributed by atoms with E-state index in [0.29, 0.717) is 11.6 Å². The zero-order valence-electron chi connectivity index (χ0n) is 16.6. The van der Waals surface area contributed by atoms with E-state index < -0.39 is 28.6 Å². The summed E-state index contributed by atoms with van der Waals surface area (Å²) >= 11 is 0. The number of pyridine rings is 1. The fourth-order valence-electron chi connectivity index (χ4n) is 3.82. The normalized spacial score (nSPS) is 17.5. The number of aromatic carboxylic acids is 1. The highest BCUT2D eigenvalue weighted by molar-refractivity contribution is 5.94. The van der Waals surface area contributed by atoms with Gasteiger partial charge in [-0.05, 0) is 44.3 Å². The van der Waals surface area contributed by atoms with Crippen molar-refractivity contribution in [2.75, 3.05) is 31.6 Å². The van der Waals surface area contributed by atoms with Crippen LogP contribution in [-0.4, -0.2) is 53.3 Å². The molecule has 8 heteroatoms. The minimum Gasteiger partial charge on any atom is -0.477 e. The van der Waals surface area contributed by atoms with Crippen LogP contribution in [0.5, 0.6) is 0 Å². The zero-order valence-corrected chi connectivity index (χ0v) is 16.6. The number of halogens is 2. The first-order chi connectivity index (χ1) is 14.3. The van der Waals surface area contributed by atoms with Crippen LogP contribution in [0.1, 0.15) is 17.3 Å². The summed E-state index contributed by atoms with van der Waals surface area (Å²) in [6, 6.07) is 8.48. The van der Waals surface area contributed by atoms with Crippen molar-refractivity contribution in [3.05, 3.63) is 70.0 Å². The van der Waals surface area contributed by atoms with E-state index in [9.17, 15) is 23.5 Å². The Labute approximate surface area is 171 Å². The first-order valence-corrected chi connectivity index (χ1v) is 9.59. The van der Waals surface area contributed by atoms with Crippen LogP contribution in [-0.2, 0) is 0 Å². The van der Waals surface area contributed by atoms with Crippen LogP contribution in [0, 0.1) is 11.6 Å². The van der Waals surface area contributed by atoms with Gasteiger partial charge in [-0.2, -0.15) is 0 Å². The molecular weight excluding hydrogens is 392 g/mol. The number of carbonyl (C=O) groups is 1. The molecule has 0 bridgehead atoms. The standard InChI is InChI=1S/C22H21F2N3O3/c1-13-11-26(8-7-25(13)2)15-4-5-16-20(10-15)27(12-17(21(16)28)22(29)30)19-6-3-14(23)9-18(19)24/h3-6,9-10,12-13H,7-8,11H2,1-2H3,(H,29,30). The van der Waals surface area contributed by atoms with Crippen LogP contribution < -0.4 is 10.3 Å². The van der Waals surface area contributed by atoms with Gasteiger partial charge in [0.1, 0.15) is 17.2 Å². The third-order valence-corrected chi connectivity index (χ3v) is 5.71. The average molecular weight is 413 g/mol. The lowest BCUT2D eigenvalue weighted by Crippen LogP contribution is -2.50. The topological polar surface area (TPSA) is 65.8 Å². The van der Waals surface area contributed by atoms with Crippen molar-refractivity contribution in [3.63, 3.8) is 0 Å². The lowest BCUT2D eigenvalue weighted by Gasteiger charge is -2.39. The monoisotopic (exact) mass is 413 g/mol. The van der Waals surface area contributed by atoms with Crippen LogP contribution in [0.3, 0.4) is 0 Å². The molecule has 0 saturated carbocycles. The number of likely N-dealkylation sites (N-methyl/N-ethyl adjacent to an activating group) is 1. The fourth-order valence-corrected chi connectivity index (χ4v) is 3.82. The Morgan fingerprint density at radius 1 is 1.13 bits per heavy atom. The summed E-state index contributed by atoms with van der Waals surface area (Å²) in [7, 11) is 2.06. The van der Waals surface area contributed by atoms with Crippen molar-refractivity contribution < 1.29 is 18.7 Å². The number of hydrogen-bond donors (Lipinski definition) is 1. The Kier molecular flexibility index (Phi) is 5.03. The Bertz CT molecular complexity index is 1210. The summed E-state index contributed by atoms with van der Waals surface area (Å²) in [6.07, 6.45) is 1.10. The highest BCUT2D eigenvalue weighted by Gasteiger charge is 2.23. The first kappa shape index (κ1) is 20.0. The van der Waals surface area contributed by atoms with Gasteiger partial charge in [0.2, 0.25) is 5.43 Å². The molecule has 1 unspecified atom stereocenters. The van der Waals surface area contributed by atoms with Gasteiger partial charge < -0.3 is 19.5 Å². The third kappa shape index (κ3) is 3.43. The molecule has 30 heavy (non-hydrogen) atoms. The average Bonchev–Trinajstić information content (AvgIpc) is 2.70. The minimum absolute atomic E-state index is 0.0344. The molecule has 4 rings (SSSR count). The molecule has 0 amide bonds. The van der Waals surface area contributed by atoms with Gasteiger partial charge in [0.05, 0.1) is 11.2 Å². The van der Waals surface area contributed by atoms with Crippen molar-refractivity contribution >= 4 is 22.6 Å². The molecule has 2 heterocycles. The van der Waals surface area contributed by atoms with Crippen LogP contribution in [0.15, 0.2) is 47.4 Å². The van der Waals surface area contributed by atoms with Crippen molar-refractivity contribution in [2.45, 2.75) is 13.0 Å². The molecule has 0 radical (unpaired) electrons. The van der Waals surface area contributed by atoms with Crippen LogP contribution >= 0.6 is 0 Å². The highest BCUT2D eigenvalue weighted by atomic mass is 19.1. The SMILES string of the molecule is CC1CN(c2ccc3c(=O)c(C(=O)O)cn(-c4ccc(F)cc4F)c3c2)CCN1C. The molecule has 6 nitrogen and oxygen atoms in total. The van der Waals surface area contributed by atoms with Gasteiger partial charge in [0.15, 0.2) is 0 Å². The van der Waals surface area contributed by atoms with E-state index in [1.807, 2.05) is 0 Å². The summed E-state index contributed by atoms with van der Waals surface area (Å²) < 4.78 is 29.3. The number of piperazine rings is 1. The van der Waals surface area contributed by atoms with Crippen molar-refractivity contribution in [1.29, 1.82) is 0 Å². The van der Waals surface area contributed by atoms with Crippen molar-refractivity contribution in [2.24, 2.45) is 0 Å². The molecule has 1 saturated heterocycles. The van der Waals surface area contributed by atoms with E-state index in [1.54, 1.807) is 18.2 Å². The predicted molar refractivity (Wildman–Crippen MR) is 111 cm³/mol. The second-order valence-electron chi connectivity index (χ2n) is 7.62. The number of aromatic nitrogens is 1. The minimum atomic E-state index is -1.41. The molecule has 3 aromatic rings. The Hall–Kier alpha value is -3.26. The van der Waals surface area contributed by atoms with Crippen LogP contribution in [0.4, 0.5) is 14.5 Å². The fraction of sp³-hybridized carbons (Fsp3) is 0.273. The quantitative estimate of drug-likeness (QED) is 0.715. The predicted octanol–water partition coefficient (Wildman–Crippen LogP) is 3.11. The van der Waals surface area contributed by atoms with Crippen molar-refractivity contribution in [3.8, 4) is 5.69 Å². The zero-order chi connectivity index (χ0) is 21.6. The smallest absolute Gasteiger partial charge is 0.341 e. The molecule has 1 aliphatic rings. The largest absolute Gasteiger partial charge is 0.477 e. The summed E-state index contributed by atoms with van der Waals surface area (Å²) in [5.74, 6) is -3.00. The number of benzene rings is 2. The number of fused-ring (bicyclic) bond motifs is 1. The lowest BCUT2D eigenvalue weighted by molar-refractivity contribution is 0.0695. The number of rotatable bonds is 3. The van der Waals surface area contributed by atoms with E-state index in [0.717, 1.165) is 43.7 Å². The van der Waals surface area contributed by atoms with Gasteiger partial charge in [0.25, 0.3) is 0 Å². The van der Waals surface area contributed by atoms with Gasteiger partial charge in [-0.25, -0.2) is 13.6 Å². The lowest BCUT2D eigenvalue weighted by atomic mass is 10.1. The Morgan fingerprint density at radius 3 is 2.57 bits per heavy atom. The Morgan fingerprint density at radius 2 is 1.90 bits per heavy atom. The van der Waals surface area contributed by atoms with E-state index >= 15 is 0 Å².